The number of ether oxygens (including phenoxy) is 1. The summed E-state index contributed by atoms with van der Waals surface area (Å²) in [4.78, 5) is 14.3. The molecule has 116 valence electrons. The van der Waals surface area contributed by atoms with Crippen molar-refractivity contribution in [3.8, 4) is 5.75 Å². The van der Waals surface area contributed by atoms with E-state index in [9.17, 15) is 4.79 Å². The maximum absolute atomic E-state index is 12.3. The van der Waals surface area contributed by atoms with E-state index in [4.69, 9.17) is 4.74 Å². The van der Waals surface area contributed by atoms with Crippen molar-refractivity contribution in [2.24, 2.45) is 5.92 Å². The molecule has 0 aliphatic carbocycles. The third kappa shape index (κ3) is 3.97. The fraction of sp³-hybridized carbons (Fsp3) is 0.588. The van der Waals surface area contributed by atoms with Crippen molar-refractivity contribution in [2.75, 3.05) is 26.7 Å². The molecule has 1 fully saturated rings. The second kappa shape index (κ2) is 7.46. The first kappa shape index (κ1) is 15.8. The Kier molecular flexibility index (Phi) is 5.62. The lowest BCUT2D eigenvalue weighted by Crippen LogP contribution is -2.44. The summed E-state index contributed by atoms with van der Waals surface area (Å²) in [6.07, 6.45) is 2.12. The summed E-state index contributed by atoms with van der Waals surface area (Å²) in [6.45, 7) is 6.59. The monoisotopic (exact) mass is 290 g/mol. The van der Waals surface area contributed by atoms with Crippen LogP contribution in [0.4, 0.5) is 0 Å². The number of hydrogen-bond donors (Lipinski definition) is 1. The van der Waals surface area contributed by atoms with E-state index >= 15 is 0 Å². The summed E-state index contributed by atoms with van der Waals surface area (Å²) >= 11 is 0. The zero-order valence-corrected chi connectivity index (χ0v) is 13.3. The minimum atomic E-state index is 0.152. The van der Waals surface area contributed by atoms with Crippen molar-refractivity contribution >= 4 is 5.91 Å². The Morgan fingerprint density at radius 2 is 2.29 bits per heavy atom. The summed E-state index contributed by atoms with van der Waals surface area (Å²) in [5.74, 6) is 1.30. The van der Waals surface area contributed by atoms with Gasteiger partial charge in [-0.2, -0.15) is 0 Å². The van der Waals surface area contributed by atoms with E-state index in [0.717, 1.165) is 38.2 Å². The van der Waals surface area contributed by atoms with E-state index in [2.05, 4.69) is 18.3 Å². The average molecular weight is 290 g/mol. The Morgan fingerprint density at radius 1 is 1.48 bits per heavy atom. The van der Waals surface area contributed by atoms with Gasteiger partial charge in [0.25, 0.3) is 0 Å². The Bertz CT molecular complexity index is 476. The molecule has 2 atom stereocenters. The molecule has 1 aromatic rings. The van der Waals surface area contributed by atoms with Crippen molar-refractivity contribution in [1.29, 1.82) is 0 Å². The van der Waals surface area contributed by atoms with Crippen LogP contribution in [0.2, 0.25) is 0 Å². The number of nitrogens with one attached hydrogen (secondary N) is 1. The molecule has 4 nitrogen and oxygen atoms in total. The number of benzene rings is 1. The second-order valence-corrected chi connectivity index (χ2v) is 5.71. The molecule has 1 aromatic carbocycles. The SMILES string of the molecule is CCNC(CN1CCCC(C)C1=O)c1cccc(OC)c1. The first-order valence-corrected chi connectivity index (χ1v) is 7.81. The van der Waals surface area contributed by atoms with Crippen LogP contribution in [-0.4, -0.2) is 37.6 Å². The minimum absolute atomic E-state index is 0.152. The molecular weight excluding hydrogens is 264 g/mol. The number of likely N-dealkylation sites (tertiary alicyclic amines) is 1. The fourth-order valence-corrected chi connectivity index (χ4v) is 2.93. The number of nitrogens with zero attached hydrogens (tertiary/aromatic N) is 1. The smallest absolute Gasteiger partial charge is 0.225 e. The zero-order valence-electron chi connectivity index (χ0n) is 13.3. The molecule has 1 aliphatic rings. The van der Waals surface area contributed by atoms with Gasteiger partial charge in [0.15, 0.2) is 0 Å². The molecule has 2 rings (SSSR count). The summed E-state index contributed by atoms with van der Waals surface area (Å²) < 4.78 is 5.30. The summed E-state index contributed by atoms with van der Waals surface area (Å²) in [6, 6.07) is 8.23. The molecule has 1 saturated heterocycles. The summed E-state index contributed by atoms with van der Waals surface area (Å²) in [5.41, 5.74) is 1.17. The molecule has 0 aromatic heterocycles. The molecule has 0 radical (unpaired) electrons. The van der Waals surface area contributed by atoms with Crippen LogP contribution in [0, 0.1) is 5.92 Å². The first-order valence-electron chi connectivity index (χ1n) is 7.81. The van der Waals surface area contributed by atoms with Crippen LogP contribution >= 0.6 is 0 Å². The average Bonchev–Trinajstić information content (AvgIpc) is 2.51. The van der Waals surface area contributed by atoms with E-state index in [0.29, 0.717) is 0 Å². The van der Waals surface area contributed by atoms with E-state index < -0.39 is 0 Å². The number of carbonyl (C=O) groups is 1. The van der Waals surface area contributed by atoms with Gasteiger partial charge in [-0.3, -0.25) is 4.79 Å². The number of likely N-dealkylation sites (N-methyl/N-ethyl adjacent to an activating group) is 1. The Balaban J connectivity index is 2.12. The van der Waals surface area contributed by atoms with Gasteiger partial charge in [0.05, 0.1) is 13.2 Å². The van der Waals surface area contributed by atoms with Crippen LogP contribution < -0.4 is 10.1 Å². The number of amides is 1. The highest BCUT2D eigenvalue weighted by molar-refractivity contribution is 5.79. The molecule has 1 aliphatic heterocycles. The highest BCUT2D eigenvalue weighted by atomic mass is 16.5. The summed E-state index contributed by atoms with van der Waals surface area (Å²) in [7, 11) is 1.68. The van der Waals surface area contributed by atoms with Crippen molar-refractivity contribution in [2.45, 2.75) is 32.7 Å². The van der Waals surface area contributed by atoms with Crippen molar-refractivity contribution in [1.82, 2.24) is 10.2 Å². The molecule has 21 heavy (non-hydrogen) atoms. The van der Waals surface area contributed by atoms with Gasteiger partial charge in [-0.15, -0.1) is 0 Å². The van der Waals surface area contributed by atoms with Crippen LogP contribution in [0.1, 0.15) is 38.3 Å². The largest absolute Gasteiger partial charge is 0.497 e. The van der Waals surface area contributed by atoms with Crippen LogP contribution in [0.5, 0.6) is 5.75 Å². The molecule has 0 spiro atoms. The molecule has 4 heteroatoms. The Labute approximate surface area is 127 Å². The van der Waals surface area contributed by atoms with Gasteiger partial charge in [-0.25, -0.2) is 0 Å². The lowest BCUT2D eigenvalue weighted by atomic mass is 9.97. The van der Waals surface area contributed by atoms with E-state index in [1.54, 1.807) is 7.11 Å². The third-order valence-electron chi connectivity index (χ3n) is 4.15. The van der Waals surface area contributed by atoms with Crippen LogP contribution in [0.25, 0.3) is 0 Å². The quantitative estimate of drug-likeness (QED) is 0.875. The van der Waals surface area contributed by atoms with E-state index in [1.165, 1.54) is 5.56 Å². The zero-order chi connectivity index (χ0) is 15.2. The van der Waals surface area contributed by atoms with Crippen LogP contribution in [-0.2, 0) is 4.79 Å². The normalized spacial score (nSPS) is 20.4. The van der Waals surface area contributed by atoms with Gasteiger partial charge < -0.3 is 15.0 Å². The molecule has 1 amide bonds. The molecule has 0 bridgehead atoms. The topological polar surface area (TPSA) is 41.6 Å². The first-order chi connectivity index (χ1) is 10.2. The minimum Gasteiger partial charge on any atom is -0.497 e. The predicted molar refractivity (Wildman–Crippen MR) is 84.4 cm³/mol. The van der Waals surface area contributed by atoms with E-state index in [-0.39, 0.29) is 17.9 Å². The van der Waals surface area contributed by atoms with Crippen molar-refractivity contribution < 1.29 is 9.53 Å². The van der Waals surface area contributed by atoms with Crippen LogP contribution in [0.3, 0.4) is 0 Å². The van der Waals surface area contributed by atoms with E-state index in [1.807, 2.05) is 30.0 Å². The number of piperidine rings is 1. The third-order valence-corrected chi connectivity index (χ3v) is 4.15. The van der Waals surface area contributed by atoms with Gasteiger partial charge in [0.2, 0.25) is 5.91 Å². The number of methoxy groups -OCH3 is 1. The van der Waals surface area contributed by atoms with Crippen LogP contribution in [0.15, 0.2) is 24.3 Å². The molecule has 0 saturated carbocycles. The molecule has 1 heterocycles. The molecule has 2 unspecified atom stereocenters. The van der Waals surface area contributed by atoms with Gasteiger partial charge in [0, 0.05) is 19.0 Å². The maximum atomic E-state index is 12.3. The standard InChI is InChI=1S/C17H26N2O2/c1-4-18-16(14-8-5-9-15(11-14)21-3)12-19-10-6-7-13(2)17(19)20/h5,8-9,11,13,16,18H,4,6-7,10,12H2,1-3H3. The predicted octanol–water partition coefficient (Wildman–Crippen LogP) is 2.60. The van der Waals surface area contributed by atoms with Gasteiger partial charge in [-0.05, 0) is 37.1 Å². The maximum Gasteiger partial charge on any atom is 0.225 e. The van der Waals surface area contributed by atoms with Crippen molar-refractivity contribution in [3.05, 3.63) is 29.8 Å². The number of hydrogen-bond acceptors (Lipinski definition) is 3. The van der Waals surface area contributed by atoms with Gasteiger partial charge in [0.1, 0.15) is 5.75 Å². The lowest BCUT2D eigenvalue weighted by molar-refractivity contribution is -0.138. The number of rotatable bonds is 6. The van der Waals surface area contributed by atoms with Gasteiger partial charge >= 0.3 is 0 Å². The highest BCUT2D eigenvalue weighted by Gasteiger charge is 2.27. The lowest BCUT2D eigenvalue weighted by Gasteiger charge is -2.34. The van der Waals surface area contributed by atoms with Gasteiger partial charge in [-0.1, -0.05) is 26.0 Å². The number of carbonyl (C=O) groups excluding carboxylic acids is 1. The molecular formula is C17H26N2O2. The Hall–Kier alpha value is -1.55. The second-order valence-electron chi connectivity index (χ2n) is 5.71. The Morgan fingerprint density at radius 3 is 3.00 bits per heavy atom. The molecule has 1 N–H and O–H groups in total. The fourth-order valence-electron chi connectivity index (χ4n) is 2.93. The highest BCUT2D eigenvalue weighted by Crippen LogP contribution is 2.23. The summed E-state index contributed by atoms with van der Waals surface area (Å²) in [5, 5.41) is 3.48. The van der Waals surface area contributed by atoms with Crippen molar-refractivity contribution in [3.63, 3.8) is 0 Å².